The van der Waals surface area contributed by atoms with E-state index < -0.39 is 5.60 Å². The van der Waals surface area contributed by atoms with Crippen LogP contribution >= 0.6 is 0 Å². The van der Waals surface area contributed by atoms with Crippen molar-refractivity contribution in [2.24, 2.45) is 5.92 Å². The highest BCUT2D eigenvalue weighted by Crippen LogP contribution is 2.42. The van der Waals surface area contributed by atoms with Crippen LogP contribution in [0.5, 0.6) is 5.75 Å². The van der Waals surface area contributed by atoms with Crippen LogP contribution in [0.15, 0.2) is 24.3 Å². The van der Waals surface area contributed by atoms with Crippen molar-refractivity contribution in [2.45, 2.75) is 50.7 Å². The second-order valence-corrected chi connectivity index (χ2v) is 5.72. The summed E-state index contributed by atoms with van der Waals surface area (Å²) in [5.41, 5.74) is 0.447. The van der Waals surface area contributed by atoms with E-state index >= 15 is 0 Å². The van der Waals surface area contributed by atoms with E-state index in [0.29, 0.717) is 12.0 Å². The van der Waals surface area contributed by atoms with Crippen LogP contribution in [-0.2, 0) is 5.60 Å². The highest BCUT2D eigenvalue weighted by Gasteiger charge is 2.36. The zero-order valence-corrected chi connectivity index (χ0v) is 10.4. The molecular formula is C15H20O2. The van der Waals surface area contributed by atoms with E-state index in [4.69, 9.17) is 4.74 Å². The Balaban J connectivity index is 1.74. The lowest BCUT2D eigenvalue weighted by Crippen LogP contribution is -2.21. The van der Waals surface area contributed by atoms with Crippen LogP contribution in [0.2, 0.25) is 0 Å². The molecule has 3 rings (SSSR count). The normalized spacial score (nSPS) is 32.7. The average Bonchev–Trinajstić information content (AvgIpc) is 3.05. The summed E-state index contributed by atoms with van der Waals surface area (Å²) < 4.78 is 5.72. The molecular weight excluding hydrogens is 212 g/mol. The molecule has 2 aliphatic carbocycles. The van der Waals surface area contributed by atoms with E-state index in [9.17, 15) is 5.11 Å². The summed E-state index contributed by atoms with van der Waals surface area (Å²) >= 11 is 0. The van der Waals surface area contributed by atoms with E-state index in [1.807, 2.05) is 24.3 Å². The SMILES string of the molecule is CC1CCC(O)(c2ccc(OC3CC3)cc2)C1. The lowest BCUT2D eigenvalue weighted by atomic mass is 9.91. The first-order valence-corrected chi connectivity index (χ1v) is 6.65. The van der Waals surface area contributed by atoms with E-state index in [1.165, 1.54) is 12.8 Å². The third-order valence-corrected chi connectivity index (χ3v) is 3.96. The zero-order chi connectivity index (χ0) is 11.9. The molecule has 0 radical (unpaired) electrons. The lowest BCUT2D eigenvalue weighted by Gasteiger charge is -2.23. The van der Waals surface area contributed by atoms with Crippen molar-refractivity contribution < 1.29 is 9.84 Å². The van der Waals surface area contributed by atoms with Gasteiger partial charge in [0.1, 0.15) is 5.75 Å². The molecule has 17 heavy (non-hydrogen) atoms. The fraction of sp³-hybridized carbons (Fsp3) is 0.600. The number of ether oxygens (including phenoxy) is 1. The van der Waals surface area contributed by atoms with Gasteiger partial charge in [-0.2, -0.15) is 0 Å². The third-order valence-electron chi connectivity index (χ3n) is 3.96. The Bertz CT molecular complexity index is 394. The maximum absolute atomic E-state index is 10.6. The van der Waals surface area contributed by atoms with Gasteiger partial charge in [-0.25, -0.2) is 0 Å². The van der Waals surface area contributed by atoms with Gasteiger partial charge >= 0.3 is 0 Å². The van der Waals surface area contributed by atoms with E-state index in [1.54, 1.807) is 0 Å². The lowest BCUT2D eigenvalue weighted by molar-refractivity contribution is 0.0407. The van der Waals surface area contributed by atoms with Gasteiger partial charge in [-0.3, -0.25) is 0 Å². The standard InChI is InChI=1S/C15H20O2/c1-11-8-9-15(16,10-11)12-2-4-13(5-3-12)17-14-6-7-14/h2-5,11,14,16H,6-10H2,1H3. The first-order chi connectivity index (χ1) is 8.16. The van der Waals surface area contributed by atoms with Crippen molar-refractivity contribution in [3.05, 3.63) is 29.8 Å². The molecule has 0 aromatic heterocycles. The number of rotatable bonds is 3. The Labute approximate surface area is 103 Å². The monoisotopic (exact) mass is 232 g/mol. The second kappa shape index (κ2) is 4.02. The molecule has 2 saturated carbocycles. The Kier molecular flexibility index (Phi) is 2.62. The van der Waals surface area contributed by atoms with Gasteiger partial charge in [0, 0.05) is 0 Å². The van der Waals surface area contributed by atoms with Crippen LogP contribution in [0.1, 0.15) is 44.6 Å². The second-order valence-electron chi connectivity index (χ2n) is 5.72. The third kappa shape index (κ3) is 2.32. The molecule has 2 nitrogen and oxygen atoms in total. The van der Waals surface area contributed by atoms with Gasteiger partial charge in [-0.1, -0.05) is 19.1 Å². The minimum absolute atomic E-state index is 0.440. The molecule has 0 spiro atoms. The van der Waals surface area contributed by atoms with Crippen molar-refractivity contribution in [3.63, 3.8) is 0 Å². The Morgan fingerprint density at radius 2 is 1.88 bits per heavy atom. The predicted octanol–water partition coefficient (Wildman–Crippen LogP) is 3.24. The maximum atomic E-state index is 10.6. The summed E-state index contributed by atoms with van der Waals surface area (Å²) in [6.07, 6.45) is 5.70. The number of aliphatic hydroxyl groups is 1. The minimum atomic E-state index is -0.600. The Morgan fingerprint density at radius 3 is 2.41 bits per heavy atom. The summed E-state index contributed by atoms with van der Waals surface area (Å²) in [7, 11) is 0. The molecule has 2 heteroatoms. The molecule has 1 aromatic rings. The van der Waals surface area contributed by atoms with Crippen LogP contribution in [0.4, 0.5) is 0 Å². The molecule has 2 unspecified atom stereocenters. The van der Waals surface area contributed by atoms with Crippen LogP contribution in [0, 0.1) is 5.92 Å². The van der Waals surface area contributed by atoms with Crippen molar-refractivity contribution in [1.82, 2.24) is 0 Å². The largest absolute Gasteiger partial charge is 0.490 e. The molecule has 2 atom stereocenters. The number of benzene rings is 1. The van der Waals surface area contributed by atoms with Crippen LogP contribution in [0.3, 0.4) is 0 Å². The highest BCUT2D eigenvalue weighted by atomic mass is 16.5. The fourth-order valence-electron chi connectivity index (χ4n) is 2.75. The average molecular weight is 232 g/mol. The smallest absolute Gasteiger partial charge is 0.119 e. The quantitative estimate of drug-likeness (QED) is 0.867. The van der Waals surface area contributed by atoms with Crippen molar-refractivity contribution >= 4 is 0 Å². The van der Waals surface area contributed by atoms with Gasteiger partial charge in [0.05, 0.1) is 11.7 Å². The van der Waals surface area contributed by atoms with Gasteiger partial charge in [-0.15, -0.1) is 0 Å². The van der Waals surface area contributed by atoms with Crippen molar-refractivity contribution in [1.29, 1.82) is 0 Å². The first kappa shape index (κ1) is 11.1. The van der Waals surface area contributed by atoms with Crippen LogP contribution < -0.4 is 4.74 Å². The molecule has 0 heterocycles. The Hall–Kier alpha value is -1.02. The summed E-state index contributed by atoms with van der Waals surface area (Å²) in [4.78, 5) is 0. The summed E-state index contributed by atoms with van der Waals surface area (Å²) in [6, 6.07) is 8.04. The van der Waals surface area contributed by atoms with Gasteiger partial charge in [0.2, 0.25) is 0 Å². The topological polar surface area (TPSA) is 29.5 Å². The van der Waals surface area contributed by atoms with E-state index in [2.05, 4.69) is 6.92 Å². The number of hydrogen-bond acceptors (Lipinski definition) is 2. The van der Waals surface area contributed by atoms with Gasteiger partial charge in [0.15, 0.2) is 0 Å². The van der Waals surface area contributed by atoms with Crippen molar-refractivity contribution in [3.8, 4) is 5.75 Å². The minimum Gasteiger partial charge on any atom is -0.490 e. The number of hydrogen-bond donors (Lipinski definition) is 1. The first-order valence-electron chi connectivity index (χ1n) is 6.65. The molecule has 0 aliphatic heterocycles. The predicted molar refractivity (Wildman–Crippen MR) is 67.0 cm³/mol. The van der Waals surface area contributed by atoms with Crippen LogP contribution in [0.25, 0.3) is 0 Å². The molecule has 1 N–H and O–H groups in total. The molecule has 2 aliphatic rings. The molecule has 2 fully saturated rings. The van der Waals surface area contributed by atoms with E-state index in [-0.39, 0.29) is 0 Å². The van der Waals surface area contributed by atoms with Gasteiger partial charge in [0.25, 0.3) is 0 Å². The molecule has 0 amide bonds. The highest BCUT2D eigenvalue weighted by molar-refractivity contribution is 5.32. The zero-order valence-electron chi connectivity index (χ0n) is 10.4. The van der Waals surface area contributed by atoms with Crippen molar-refractivity contribution in [2.75, 3.05) is 0 Å². The van der Waals surface area contributed by atoms with Gasteiger partial charge in [-0.05, 0) is 55.7 Å². The molecule has 0 bridgehead atoms. The molecule has 1 aromatic carbocycles. The summed E-state index contributed by atoms with van der Waals surface area (Å²) in [5, 5.41) is 10.6. The van der Waals surface area contributed by atoms with Gasteiger partial charge < -0.3 is 9.84 Å². The maximum Gasteiger partial charge on any atom is 0.119 e. The fourth-order valence-corrected chi connectivity index (χ4v) is 2.75. The Morgan fingerprint density at radius 1 is 1.18 bits per heavy atom. The summed E-state index contributed by atoms with van der Waals surface area (Å²) in [6.45, 7) is 2.21. The molecule has 0 saturated heterocycles. The van der Waals surface area contributed by atoms with E-state index in [0.717, 1.165) is 30.6 Å². The molecule has 92 valence electrons. The summed E-state index contributed by atoms with van der Waals surface area (Å²) in [5.74, 6) is 1.56. The van der Waals surface area contributed by atoms with Crippen LogP contribution in [-0.4, -0.2) is 11.2 Å².